The highest BCUT2D eigenvalue weighted by atomic mass is 16.3. The van der Waals surface area contributed by atoms with Crippen LogP contribution in [0, 0.1) is 0 Å². The quantitative estimate of drug-likeness (QED) is 0.536. The first-order valence-electron chi connectivity index (χ1n) is 9.92. The molecular formula is C22H28N6O. The van der Waals surface area contributed by atoms with E-state index in [2.05, 4.69) is 58.5 Å². The van der Waals surface area contributed by atoms with E-state index in [4.69, 9.17) is 0 Å². The molecule has 3 heterocycles. The molecule has 152 valence electrons. The maximum absolute atomic E-state index is 10.5. The Morgan fingerprint density at radius 1 is 1.00 bits per heavy atom. The monoisotopic (exact) mass is 392 g/mol. The number of anilines is 1. The maximum atomic E-state index is 10.5. The molecule has 3 aromatic rings. The number of hydrogen-bond donors (Lipinski definition) is 4. The Kier molecular flexibility index (Phi) is 4.78. The molecule has 7 nitrogen and oxygen atoms in total. The minimum absolute atomic E-state index is 0.0641. The van der Waals surface area contributed by atoms with Crippen molar-refractivity contribution in [3.63, 3.8) is 0 Å². The van der Waals surface area contributed by atoms with Gasteiger partial charge in [-0.15, -0.1) is 0 Å². The van der Waals surface area contributed by atoms with Gasteiger partial charge in [-0.25, -0.2) is 4.98 Å². The van der Waals surface area contributed by atoms with Gasteiger partial charge >= 0.3 is 0 Å². The molecule has 4 N–H and O–H groups in total. The molecule has 0 radical (unpaired) electrons. The molecular weight excluding hydrogens is 364 g/mol. The Hall–Kier alpha value is -2.93. The van der Waals surface area contributed by atoms with E-state index in [0.717, 1.165) is 29.9 Å². The molecule has 1 fully saturated rings. The zero-order chi connectivity index (χ0) is 20.6. The van der Waals surface area contributed by atoms with E-state index in [9.17, 15) is 5.11 Å². The molecule has 1 aliphatic heterocycles. The van der Waals surface area contributed by atoms with Crippen molar-refractivity contribution in [2.75, 3.05) is 5.32 Å². The van der Waals surface area contributed by atoms with Crippen molar-refractivity contribution >= 4 is 5.82 Å². The van der Waals surface area contributed by atoms with Crippen LogP contribution in [0.15, 0.2) is 42.9 Å². The first kappa shape index (κ1) is 19.4. The number of aromatic hydroxyl groups is 1. The fourth-order valence-corrected chi connectivity index (χ4v) is 4.50. The number of rotatable bonds is 4. The number of phenols is 1. The van der Waals surface area contributed by atoms with Gasteiger partial charge in [0.1, 0.15) is 11.6 Å². The minimum atomic E-state index is 0.0641. The third kappa shape index (κ3) is 4.40. The van der Waals surface area contributed by atoms with Crippen molar-refractivity contribution < 1.29 is 5.11 Å². The molecule has 1 saturated heterocycles. The molecule has 0 bridgehead atoms. The third-order valence-corrected chi connectivity index (χ3v) is 5.26. The van der Waals surface area contributed by atoms with Crippen LogP contribution < -0.4 is 10.6 Å². The lowest BCUT2D eigenvalue weighted by Gasteiger charge is -2.46. The fraction of sp³-hybridized carbons (Fsp3) is 0.409. The van der Waals surface area contributed by atoms with Crippen LogP contribution in [0.1, 0.15) is 40.5 Å². The summed E-state index contributed by atoms with van der Waals surface area (Å²) in [5, 5.41) is 24.6. The summed E-state index contributed by atoms with van der Waals surface area (Å²) in [6.07, 6.45) is 7.20. The van der Waals surface area contributed by atoms with Crippen LogP contribution in [-0.2, 0) is 0 Å². The Bertz CT molecular complexity index is 963. The van der Waals surface area contributed by atoms with Crippen LogP contribution in [0.4, 0.5) is 5.82 Å². The van der Waals surface area contributed by atoms with Crippen molar-refractivity contribution in [2.24, 2.45) is 0 Å². The number of H-pyrrole nitrogens is 1. The van der Waals surface area contributed by atoms with Crippen LogP contribution in [0.2, 0.25) is 0 Å². The van der Waals surface area contributed by atoms with Gasteiger partial charge in [-0.05, 0) is 58.7 Å². The molecule has 0 aliphatic carbocycles. The van der Waals surface area contributed by atoms with E-state index in [1.807, 2.05) is 18.2 Å². The van der Waals surface area contributed by atoms with Crippen LogP contribution in [0.25, 0.3) is 22.5 Å². The van der Waals surface area contributed by atoms with Gasteiger partial charge < -0.3 is 15.7 Å². The summed E-state index contributed by atoms with van der Waals surface area (Å²) in [7, 11) is 0. The van der Waals surface area contributed by atoms with Crippen molar-refractivity contribution in [1.29, 1.82) is 0 Å². The second kappa shape index (κ2) is 7.15. The van der Waals surface area contributed by atoms with Gasteiger partial charge in [-0.2, -0.15) is 5.10 Å². The van der Waals surface area contributed by atoms with Crippen LogP contribution >= 0.6 is 0 Å². The highest BCUT2D eigenvalue weighted by molar-refractivity contribution is 5.72. The van der Waals surface area contributed by atoms with Gasteiger partial charge in [0, 0.05) is 34.4 Å². The average Bonchev–Trinajstić information content (AvgIpc) is 3.14. The molecule has 1 aliphatic rings. The first-order valence-corrected chi connectivity index (χ1v) is 9.92. The minimum Gasteiger partial charge on any atom is -0.507 e. The molecule has 4 rings (SSSR count). The van der Waals surface area contributed by atoms with Crippen LogP contribution in [0.5, 0.6) is 5.75 Å². The Balaban J connectivity index is 1.50. The molecule has 0 atom stereocenters. The molecule has 0 unspecified atom stereocenters. The summed E-state index contributed by atoms with van der Waals surface area (Å²) < 4.78 is 0. The Morgan fingerprint density at radius 3 is 2.34 bits per heavy atom. The predicted molar refractivity (Wildman–Crippen MR) is 115 cm³/mol. The molecule has 7 heteroatoms. The summed E-state index contributed by atoms with van der Waals surface area (Å²) in [4.78, 5) is 9.05. The molecule has 0 saturated carbocycles. The summed E-state index contributed by atoms with van der Waals surface area (Å²) in [5.41, 5.74) is 3.03. The van der Waals surface area contributed by atoms with Gasteiger partial charge in [-0.1, -0.05) is 6.07 Å². The molecule has 29 heavy (non-hydrogen) atoms. The second-order valence-electron chi connectivity index (χ2n) is 9.12. The zero-order valence-electron chi connectivity index (χ0n) is 17.3. The van der Waals surface area contributed by atoms with Crippen molar-refractivity contribution in [1.82, 2.24) is 25.5 Å². The average molecular weight is 393 g/mol. The number of nitrogens with one attached hydrogen (secondary N) is 3. The zero-order valence-corrected chi connectivity index (χ0v) is 17.3. The fourth-order valence-electron chi connectivity index (χ4n) is 4.50. The lowest BCUT2D eigenvalue weighted by molar-refractivity contribution is 0.170. The van der Waals surface area contributed by atoms with Crippen molar-refractivity contribution in [2.45, 2.75) is 57.7 Å². The van der Waals surface area contributed by atoms with Gasteiger partial charge in [0.2, 0.25) is 0 Å². The standard InChI is InChI=1S/C22H28N6O/c1-21(2)10-15(11-22(3,4)28-21)26-20-13-23-18(12-24-20)16-6-5-14(9-19(16)29)17-7-8-25-27-17/h5-9,12-13,15,28-29H,10-11H2,1-4H3,(H,24,26)(H,25,27). The number of hydrogen-bond acceptors (Lipinski definition) is 6. The number of piperidine rings is 1. The maximum Gasteiger partial charge on any atom is 0.144 e. The summed E-state index contributed by atoms with van der Waals surface area (Å²) in [5.74, 6) is 0.905. The lowest BCUT2D eigenvalue weighted by atomic mass is 9.79. The molecule has 0 amide bonds. The second-order valence-corrected chi connectivity index (χ2v) is 9.12. The normalized spacial score (nSPS) is 18.5. The first-order chi connectivity index (χ1) is 13.7. The molecule has 1 aromatic carbocycles. The van der Waals surface area contributed by atoms with Gasteiger partial charge in [0.25, 0.3) is 0 Å². The molecule has 2 aromatic heterocycles. The SMILES string of the molecule is CC1(C)CC(Nc2cnc(-c3ccc(-c4cc[nH]n4)cc3O)cn2)CC(C)(C)N1. The van der Waals surface area contributed by atoms with Crippen LogP contribution in [-0.4, -0.2) is 42.4 Å². The number of aromatic amines is 1. The van der Waals surface area contributed by atoms with Crippen molar-refractivity contribution in [3.8, 4) is 28.3 Å². The summed E-state index contributed by atoms with van der Waals surface area (Å²) in [6, 6.07) is 7.63. The van der Waals surface area contributed by atoms with E-state index in [1.54, 1.807) is 24.7 Å². The largest absolute Gasteiger partial charge is 0.507 e. The lowest BCUT2D eigenvalue weighted by Crippen LogP contribution is -2.60. The third-order valence-electron chi connectivity index (χ3n) is 5.26. The van der Waals surface area contributed by atoms with Gasteiger partial charge in [0.15, 0.2) is 0 Å². The van der Waals surface area contributed by atoms with E-state index in [-0.39, 0.29) is 16.8 Å². The predicted octanol–water partition coefficient (Wildman–Crippen LogP) is 3.96. The van der Waals surface area contributed by atoms with Gasteiger partial charge in [0.05, 0.1) is 23.8 Å². The number of aromatic nitrogens is 4. The highest BCUT2D eigenvalue weighted by Gasteiger charge is 2.37. The topological polar surface area (TPSA) is 98.8 Å². The Labute approximate surface area is 171 Å². The molecule has 0 spiro atoms. The van der Waals surface area contributed by atoms with Gasteiger partial charge in [-0.3, -0.25) is 10.1 Å². The highest BCUT2D eigenvalue weighted by Crippen LogP contribution is 2.33. The van der Waals surface area contributed by atoms with E-state index >= 15 is 0 Å². The number of phenolic OH excluding ortho intramolecular Hbond substituents is 1. The van der Waals surface area contributed by atoms with Crippen LogP contribution in [0.3, 0.4) is 0 Å². The summed E-state index contributed by atoms with van der Waals surface area (Å²) >= 11 is 0. The van der Waals surface area contributed by atoms with E-state index in [0.29, 0.717) is 17.3 Å². The number of benzene rings is 1. The van der Waals surface area contributed by atoms with E-state index in [1.165, 1.54) is 0 Å². The Morgan fingerprint density at radius 2 is 1.76 bits per heavy atom. The summed E-state index contributed by atoms with van der Waals surface area (Å²) in [6.45, 7) is 8.92. The number of nitrogens with zero attached hydrogens (tertiary/aromatic N) is 3. The van der Waals surface area contributed by atoms with Crippen molar-refractivity contribution in [3.05, 3.63) is 42.9 Å². The van der Waals surface area contributed by atoms with E-state index < -0.39 is 0 Å². The smallest absolute Gasteiger partial charge is 0.144 e.